The summed E-state index contributed by atoms with van der Waals surface area (Å²) in [6.45, 7) is 6.73. The molecule has 1 saturated heterocycles. The van der Waals surface area contributed by atoms with Crippen molar-refractivity contribution in [3.05, 3.63) is 101 Å². The van der Waals surface area contributed by atoms with E-state index in [1.807, 2.05) is 65.9 Å². The highest BCUT2D eigenvalue weighted by molar-refractivity contribution is 5.96. The van der Waals surface area contributed by atoms with Gasteiger partial charge < -0.3 is 39.8 Å². The molecule has 15 heteroatoms. The minimum Gasteiger partial charge on any atom is -0.449 e. The summed E-state index contributed by atoms with van der Waals surface area (Å²) in [5.74, 6) is -0.257. The van der Waals surface area contributed by atoms with Gasteiger partial charge in [-0.25, -0.2) is 13.9 Å². The quantitative estimate of drug-likeness (QED) is 0.0619. The van der Waals surface area contributed by atoms with E-state index >= 15 is 0 Å². The van der Waals surface area contributed by atoms with Crippen LogP contribution in [0.25, 0.3) is 5.69 Å². The largest absolute Gasteiger partial charge is 0.449 e. The summed E-state index contributed by atoms with van der Waals surface area (Å²) in [6.07, 6.45) is 9.65. The number of hydrogen-bond donors (Lipinski definition) is 4. The molecule has 60 heavy (non-hydrogen) atoms. The number of rotatable bonds is 24. The Morgan fingerprint density at radius 3 is 2.40 bits per heavy atom. The number of unbranched alkanes of at least 4 members (excludes halogenated alkanes) is 5. The molecule has 4 N–H and O–H groups in total. The number of halogens is 1. The Balaban J connectivity index is 0.836. The Morgan fingerprint density at radius 1 is 0.950 bits per heavy atom. The first-order valence-corrected chi connectivity index (χ1v) is 21.4. The Bertz CT molecular complexity index is 1910. The van der Waals surface area contributed by atoms with Gasteiger partial charge in [0.15, 0.2) is 0 Å². The predicted molar refractivity (Wildman–Crippen MR) is 225 cm³/mol. The molecule has 0 bridgehead atoms. The molecule has 1 aliphatic rings. The van der Waals surface area contributed by atoms with E-state index in [9.17, 15) is 29.0 Å². The summed E-state index contributed by atoms with van der Waals surface area (Å²) in [7, 11) is 0. The van der Waals surface area contributed by atoms with Gasteiger partial charge in [-0.3, -0.25) is 9.59 Å². The Kier molecular flexibility index (Phi) is 18.5. The minimum absolute atomic E-state index is 0.0257. The number of ether oxygens (including phenoxy) is 2. The number of hydrogen-bond acceptors (Lipinski definition) is 9. The van der Waals surface area contributed by atoms with Crippen molar-refractivity contribution in [2.75, 3.05) is 46.1 Å². The number of nitrogens with one attached hydrogen (secondary N) is 2. The minimum atomic E-state index is -0.740. The maximum atomic E-state index is 13.5. The molecule has 4 aromatic rings. The number of aromatic nitrogens is 4. The number of alkyl carbamates (subject to hydrolysis) is 1. The number of benzene rings is 2. The molecule has 0 radical (unpaired) electrons. The maximum Gasteiger partial charge on any atom is 0.407 e. The third kappa shape index (κ3) is 14.6. The van der Waals surface area contributed by atoms with Gasteiger partial charge in [-0.15, -0.1) is 5.10 Å². The molecule has 5 rings (SSSR count). The van der Waals surface area contributed by atoms with Gasteiger partial charge in [0.2, 0.25) is 5.91 Å². The number of aliphatic hydroxyl groups is 2. The molecular weight excluding hydrogens is 770 g/mol. The highest BCUT2D eigenvalue weighted by Gasteiger charge is 2.27. The summed E-state index contributed by atoms with van der Waals surface area (Å²) in [6, 6.07) is 16.9. The highest BCUT2D eigenvalue weighted by atomic mass is 19.1. The maximum absolute atomic E-state index is 13.5. The second-order valence-corrected chi connectivity index (χ2v) is 15.7. The predicted octanol–water partition coefficient (Wildman–Crippen LogP) is 5.99. The molecule has 2 aromatic carbocycles. The van der Waals surface area contributed by atoms with E-state index in [4.69, 9.17) is 9.47 Å². The SMILES string of the molecule is Cc1cc(C(=O)N2CCC(COC(=O)NCCOCCn3cc(CCCCCCCCC(=O)N[C@@H](CO)C[C@H](O)c4ccccc4)nn3)CC2)c(C)n1-c1ccc(F)cc1. The van der Waals surface area contributed by atoms with Crippen molar-refractivity contribution in [1.29, 1.82) is 0 Å². The molecule has 2 atom stereocenters. The smallest absolute Gasteiger partial charge is 0.407 e. The van der Waals surface area contributed by atoms with Crippen LogP contribution in [0.4, 0.5) is 9.18 Å². The van der Waals surface area contributed by atoms with Crippen LogP contribution in [-0.4, -0.2) is 105 Å². The van der Waals surface area contributed by atoms with Crippen LogP contribution >= 0.6 is 0 Å². The third-order valence-corrected chi connectivity index (χ3v) is 11.0. The number of amides is 3. The lowest BCUT2D eigenvalue weighted by Crippen LogP contribution is -2.40. The van der Waals surface area contributed by atoms with Crippen LogP contribution < -0.4 is 10.6 Å². The topological polar surface area (TPSA) is 173 Å². The lowest BCUT2D eigenvalue weighted by Gasteiger charge is -2.31. The lowest BCUT2D eigenvalue weighted by atomic mass is 9.97. The second kappa shape index (κ2) is 24.2. The number of likely N-dealkylation sites (tertiary alicyclic amines) is 1. The molecule has 1 aliphatic heterocycles. The van der Waals surface area contributed by atoms with Gasteiger partial charge in [-0.05, 0) is 94.2 Å². The van der Waals surface area contributed by atoms with Gasteiger partial charge in [0.05, 0.1) is 56.4 Å². The van der Waals surface area contributed by atoms with Crippen molar-refractivity contribution in [3.8, 4) is 5.69 Å². The van der Waals surface area contributed by atoms with Crippen molar-refractivity contribution in [3.63, 3.8) is 0 Å². The van der Waals surface area contributed by atoms with Crippen LogP contribution in [0.15, 0.2) is 66.9 Å². The van der Waals surface area contributed by atoms with Crippen LogP contribution in [0.1, 0.15) is 103 Å². The molecule has 14 nitrogen and oxygen atoms in total. The average Bonchev–Trinajstić information content (AvgIpc) is 3.84. The van der Waals surface area contributed by atoms with E-state index in [0.717, 1.165) is 86.1 Å². The monoisotopic (exact) mass is 831 g/mol. The van der Waals surface area contributed by atoms with E-state index in [1.54, 1.807) is 16.8 Å². The van der Waals surface area contributed by atoms with Crippen LogP contribution in [0.5, 0.6) is 0 Å². The number of piperidine rings is 1. The van der Waals surface area contributed by atoms with E-state index < -0.39 is 18.2 Å². The third-order valence-electron chi connectivity index (χ3n) is 11.0. The van der Waals surface area contributed by atoms with Gasteiger partial charge in [-0.2, -0.15) is 0 Å². The zero-order valence-electron chi connectivity index (χ0n) is 35.1. The van der Waals surface area contributed by atoms with Gasteiger partial charge in [-0.1, -0.05) is 61.2 Å². The normalized spacial score (nSPS) is 14.2. The molecule has 0 aliphatic carbocycles. The number of nitrogens with zero attached hydrogens (tertiary/aromatic N) is 5. The fraction of sp³-hybridized carbons (Fsp3) is 0.533. The molecular formula is C45H62FN7O7. The van der Waals surface area contributed by atoms with Gasteiger partial charge in [0.1, 0.15) is 5.82 Å². The number of carbonyl (C=O) groups is 3. The summed E-state index contributed by atoms with van der Waals surface area (Å²) in [5.41, 5.74) is 4.88. The Labute approximate surface area is 352 Å². The van der Waals surface area contributed by atoms with Crippen LogP contribution in [-0.2, 0) is 27.2 Å². The zero-order chi connectivity index (χ0) is 42.7. The lowest BCUT2D eigenvalue weighted by molar-refractivity contribution is -0.122. The molecule has 326 valence electrons. The summed E-state index contributed by atoms with van der Waals surface area (Å²) in [5, 5.41) is 34.1. The van der Waals surface area contributed by atoms with Crippen molar-refractivity contribution >= 4 is 17.9 Å². The average molecular weight is 832 g/mol. The van der Waals surface area contributed by atoms with Gasteiger partial charge in [0, 0.05) is 49.3 Å². The number of carbonyl (C=O) groups excluding carboxylic acids is 3. The molecule has 0 spiro atoms. The van der Waals surface area contributed by atoms with E-state index in [-0.39, 0.29) is 36.6 Å². The fourth-order valence-corrected chi connectivity index (χ4v) is 7.59. The molecule has 0 unspecified atom stereocenters. The number of aryl methyl sites for hydroxylation is 2. The molecule has 3 amide bonds. The first-order valence-electron chi connectivity index (χ1n) is 21.4. The molecule has 3 heterocycles. The van der Waals surface area contributed by atoms with E-state index in [1.165, 1.54) is 12.1 Å². The van der Waals surface area contributed by atoms with Crippen molar-refractivity contribution in [1.82, 2.24) is 35.1 Å². The summed E-state index contributed by atoms with van der Waals surface area (Å²) >= 11 is 0. The van der Waals surface area contributed by atoms with Crippen LogP contribution in [0.3, 0.4) is 0 Å². The molecule has 1 fully saturated rings. The van der Waals surface area contributed by atoms with Crippen LogP contribution in [0, 0.1) is 25.6 Å². The van der Waals surface area contributed by atoms with Gasteiger partial charge in [0.25, 0.3) is 5.91 Å². The summed E-state index contributed by atoms with van der Waals surface area (Å²) < 4.78 is 28.3. The first-order chi connectivity index (χ1) is 29.1. The second-order valence-electron chi connectivity index (χ2n) is 15.7. The molecule has 2 aromatic heterocycles. The van der Waals surface area contributed by atoms with E-state index in [0.29, 0.717) is 58.0 Å². The van der Waals surface area contributed by atoms with Crippen LogP contribution in [0.2, 0.25) is 0 Å². The number of aliphatic hydroxyl groups excluding tert-OH is 2. The van der Waals surface area contributed by atoms with Crippen molar-refractivity contribution in [2.24, 2.45) is 5.92 Å². The Hall–Kier alpha value is -5.12. The molecule has 0 saturated carbocycles. The zero-order valence-corrected chi connectivity index (χ0v) is 35.1. The highest BCUT2D eigenvalue weighted by Crippen LogP contribution is 2.25. The van der Waals surface area contributed by atoms with Crippen molar-refractivity contribution < 1.29 is 38.5 Å². The van der Waals surface area contributed by atoms with E-state index in [2.05, 4.69) is 20.9 Å². The fourth-order valence-electron chi connectivity index (χ4n) is 7.59. The Morgan fingerprint density at radius 2 is 1.67 bits per heavy atom. The first kappa shape index (κ1) is 46.0. The standard InChI is InChI=1S/C45H62FN7O7/c1-33-28-41(34(2)53(33)40-18-16-37(46)17-19-40)44(57)51-23-20-35(21-24-51)32-60-45(58)47-22-26-59-27-25-52-30-38(49-50-52)14-10-5-3-4-6-11-15-43(56)48-39(31-54)29-42(55)36-12-8-7-9-13-36/h7-9,12-13,16-19,28,30,35,39,42,54-55H,3-6,10-11,14-15,20-27,29,31-32H2,1-2H3,(H,47,58)(H,48,56)/t39-,42+/m1/s1. The van der Waals surface area contributed by atoms with Crippen molar-refractivity contribution in [2.45, 2.75) is 103 Å². The van der Waals surface area contributed by atoms with Gasteiger partial charge >= 0.3 is 6.09 Å². The summed E-state index contributed by atoms with van der Waals surface area (Å²) in [4.78, 5) is 39.9.